The van der Waals surface area contributed by atoms with Crippen molar-refractivity contribution in [1.82, 2.24) is 15.0 Å². The van der Waals surface area contributed by atoms with E-state index in [4.69, 9.17) is 13.9 Å². The van der Waals surface area contributed by atoms with Crippen LogP contribution in [0.5, 0.6) is 0 Å². The summed E-state index contributed by atoms with van der Waals surface area (Å²) in [5.41, 5.74) is 6.00. The van der Waals surface area contributed by atoms with Crippen molar-refractivity contribution in [2.24, 2.45) is 0 Å². The maximum absolute atomic E-state index is 5.58. The number of benzene rings is 1. The molecular weight excluding hydrogens is 456 g/mol. The number of ether oxygens (including phenoxy) is 2. The molecular formula is C24H35ClN6O3. The van der Waals surface area contributed by atoms with Crippen molar-refractivity contribution < 1.29 is 32.0 Å². The molecule has 2 aromatic heterocycles. The Morgan fingerprint density at radius 2 is 1.56 bits per heavy atom. The van der Waals surface area contributed by atoms with E-state index < -0.39 is 0 Å². The number of rotatable bonds is 13. The number of hydrogen-bond donors (Lipinski definition) is 3. The fourth-order valence-corrected chi connectivity index (χ4v) is 3.02. The molecule has 0 saturated heterocycles. The lowest BCUT2D eigenvalue weighted by Gasteiger charge is -2.19. The molecule has 3 aromatic rings. The molecule has 0 fully saturated rings. The first-order chi connectivity index (χ1) is 16.0. The Hall–Kier alpha value is -2.72. The second kappa shape index (κ2) is 13.9. The summed E-state index contributed by atoms with van der Waals surface area (Å²) in [5.74, 6) is 2.35. The summed E-state index contributed by atoms with van der Waals surface area (Å²) in [7, 11) is 0. The second-order valence-corrected chi connectivity index (χ2v) is 8.57. The van der Waals surface area contributed by atoms with Gasteiger partial charge in [0, 0.05) is 12.1 Å². The number of quaternary nitrogens is 1. The minimum absolute atomic E-state index is 0. The fraction of sp³-hybridized carbons (Fsp3) is 0.458. The topological polar surface area (TPSA) is 122 Å². The van der Waals surface area contributed by atoms with Crippen molar-refractivity contribution in [2.45, 2.75) is 32.7 Å². The van der Waals surface area contributed by atoms with E-state index in [2.05, 4.69) is 64.2 Å². The zero-order valence-corrected chi connectivity index (χ0v) is 20.9. The predicted octanol–water partition coefficient (Wildman–Crippen LogP) is -0.268. The molecule has 0 aliphatic carbocycles. The normalized spacial score (nSPS) is 11.2. The van der Waals surface area contributed by atoms with Gasteiger partial charge >= 0.3 is 0 Å². The van der Waals surface area contributed by atoms with Crippen molar-refractivity contribution in [2.75, 3.05) is 50.2 Å². The van der Waals surface area contributed by atoms with E-state index in [1.165, 1.54) is 5.56 Å². The van der Waals surface area contributed by atoms with E-state index in [-0.39, 0.29) is 17.8 Å². The first-order valence-corrected chi connectivity index (χ1v) is 11.3. The van der Waals surface area contributed by atoms with Gasteiger partial charge in [0.2, 0.25) is 11.9 Å². The maximum Gasteiger partial charge on any atom is 0.228 e. The Kier molecular flexibility index (Phi) is 11.2. The number of nitrogens with zero attached hydrogens (tertiary/aromatic N) is 3. The second-order valence-electron chi connectivity index (χ2n) is 8.57. The van der Waals surface area contributed by atoms with E-state index in [1.54, 1.807) is 6.26 Å². The smallest absolute Gasteiger partial charge is 0.228 e. The van der Waals surface area contributed by atoms with E-state index in [9.17, 15) is 0 Å². The van der Waals surface area contributed by atoms with E-state index >= 15 is 0 Å². The number of hydrogen-bond acceptors (Lipinski definition) is 8. The van der Waals surface area contributed by atoms with Gasteiger partial charge in [0.1, 0.15) is 5.76 Å². The van der Waals surface area contributed by atoms with Crippen LogP contribution in [0.4, 0.5) is 11.9 Å². The van der Waals surface area contributed by atoms with Crippen LogP contribution in [-0.4, -0.2) is 54.5 Å². The molecule has 5 N–H and O–H groups in total. The Morgan fingerprint density at radius 3 is 2.18 bits per heavy atom. The average Bonchev–Trinajstić information content (AvgIpc) is 3.33. The first-order valence-electron chi connectivity index (χ1n) is 11.3. The van der Waals surface area contributed by atoms with E-state index in [1.807, 2.05) is 24.3 Å². The summed E-state index contributed by atoms with van der Waals surface area (Å²) in [4.78, 5) is 13.7. The largest absolute Gasteiger partial charge is 1.00 e. The van der Waals surface area contributed by atoms with Crippen LogP contribution in [-0.2, 0) is 21.4 Å². The molecule has 3 rings (SSSR count). The van der Waals surface area contributed by atoms with Gasteiger partial charge < -0.3 is 42.7 Å². The van der Waals surface area contributed by atoms with Gasteiger partial charge in [-0.15, -0.1) is 0 Å². The van der Waals surface area contributed by atoms with Crippen molar-refractivity contribution in [3.8, 4) is 11.4 Å². The number of furan rings is 1. The van der Waals surface area contributed by atoms with Gasteiger partial charge in [0.25, 0.3) is 0 Å². The lowest BCUT2D eigenvalue weighted by molar-refractivity contribution is -0.374. The van der Waals surface area contributed by atoms with Crippen LogP contribution in [0, 0.1) is 0 Å². The minimum Gasteiger partial charge on any atom is -1.00 e. The van der Waals surface area contributed by atoms with Gasteiger partial charge in [-0.05, 0) is 23.1 Å². The third-order valence-corrected chi connectivity index (χ3v) is 4.84. The predicted molar refractivity (Wildman–Crippen MR) is 128 cm³/mol. The molecule has 0 atom stereocenters. The molecule has 0 radical (unpaired) electrons. The monoisotopic (exact) mass is 490 g/mol. The summed E-state index contributed by atoms with van der Waals surface area (Å²) in [6.07, 6.45) is 1.64. The molecule has 0 unspecified atom stereocenters. The minimum atomic E-state index is 0. The summed E-state index contributed by atoms with van der Waals surface area (Å²) in [5, 5.41) is 6.44. The molecule has 1 aromatic carbocycles. The molecule has 0 amide bonds. The Labute approximate surface area is 207 Å². The first kappa shape index (κ1) is 27.5. The number of aromatic nitrogens is 3. The SMILES string of the molecule is CC(C)(C)c1ccc(-c2nc(NCCOCCOCC[NH3+])nc(NCc3ccco3)n2)cc1.[Cl-]. The van der Waals surface area contributed by atoms with Crippen LogP contribution in [0.15, 0.2) is 47.1 Å². The van der Waals surface area contributed by atoms with Gasteiger partial charge in [-0.2, -0.15) is 15.0 Å². The van der Waals surface area contributed by atoms with Crippen LogP contribution in [0.3, 0.4) is 0 Å². The van der Waals surface area contributed by atoms with Gasteiger partial charge in [0.15, 0.2) is 5.82 Å². The number of halogens is 1. The highest BCUT2D eigenvalue weighted by atomic mass is 35.5. The average molecular weight is 491 g/mol. The summed E-state index contributed by atoms with van der Waals surface area (Å²) < 4.78 is 16.3. The van der Waals surface area contributed by atoms with Gasteiger partial charge in [-0.25, -0.2) is 0 Å². The molecule has 9 nitrogen and oxygen atoms in total. The third kappa shape index (κ3) is 8.90. The molecule has 0 aliphatic rings. The quantitative estimate of drug-likeness (QED) is 0.280. The maximum atomic E-state index is 5.58. The highest BCUT2D eigenvalue weighted by molar-refractivity contribution is 5.58. The molecule has 0 saturated carbocycles. The molecule has 186 valence electrons. The third-order valence-electron chi connectivity index (χ3n) is 4.84. The van der Waals surface area contributed by atoms with Crippen LogP contribution in [0.1, 0.15) is 32.1 Å². The van der Waals surface area contributed by atoms with Gasteiger partial charge in [0.05, 0.1) is 45.8 Å². The molecule has 2 heterocycles. The van der Waals surface area contributed by atoms with Crippen LogP contribution in [0.25, 0.3) is 11.4 Å². The fourth-order valence-electron chi connectivity index (χ4n) is 3.02. The Morgan fingerprint density at radius 1 is 0.882 bits per heavy atom. The molecule has 0 spiro atoms. The molecule has 34 heavy (non-hydrogen) atoms. The summed E-state index contributed by atoms with van der Waals surface area (Å²) in [6.45, 7) is 10.7. The van der Waals surface area contributed by atoms with Gasteiger partial charge in [-0.3, -0.25) is 0 Å². The zero-order chi connectivity index (χ0) is 23.5. The highest BCUT2D eigenvalue weighted by Crippen LogP contribution is 2.25. The summed E-state index contributed by atoms with van der Waals surface area (Å²) in [6, 6.07) is 12.1. The lowest BCUT2D eigenvalue weighted by Crippen LogP contribution is -3.00. The zero-order valence-electron chi connectivity index (χ0n) is 20.1. The molecule has 10 heteroatoms. The van der Waals surface area contributed by atoms with Crippen LogP contribution in [0.2, 0.25) is 0 Å². The summed E-state index contributed by atoms with van der Waals surface area (Å²) >= 11 is 0. The Balaban J connectivity index is 0.00000408. The number of nitrogens with one attached hydrogen (secondary N) is 2. The number of anilines is 2. The highest BCUT2D eigenvalue weighted by Gasteiger charge is 2.14. The van der Waals surface area contributed by atoms with Crippen LogP contribution < -0.4 is 28.8 Å². The van der Waals surface area contributed by atoms with Crippen molar-refractivity contribution in [3.63, 3.8) is 0 Å². The Bertz CT molecular complexity index is 962. The van der Waals surface area contributed by atoms with E-state index in [0.29, 0.717) is 57.2 Å². The molecule has 0 bridgehead atoms. The van der Waals surface area contributed by atoms with Gasteiger partial charge in [-0.1, -0.05) is 45.0 Å². The van der Waals surface area contributed by atoms with Crippen LogP contribution >= 0.6 is 0 Å². The van der Waals surface area contributed by atoms with Crippen molar-refractivity contribution >= 4 is 11.9 Å². The van der Waals surface area contributed by atoms with E-state index in [0.717, 1.165) is 17.9 Å². The lowest BCUT2D eigenvalue weighted by atomic mass is 9.87. The standard InChI is InChI=1S/C24H34N6O3.ClH/c1-24(2,3)19-8-6-18(7-9-19)21-28-22(26-11-14-32-16-15-31-13-10-25)30-23(29-21)27-17-20-5-4-12-33-20;/h4-9,12H,10-11,13-17,25H2,1-3H3,(H2,26,27,28,29,30);1H. The molecule has 0 aliphatic heterocycles. The van der Waals surface area contributed by atoms with Crippen molar-refractivity contribution in [1.29, 1.82) is 0 Å². The van der Waals surface area contributed by atoms with Crippen molar-refractivity contribution in [3.05, 3.63) is 54.0 Å².